The molecule has 0 amide bonds. The number of carboxylic acids is 1. The fraction of sp³-hybridized carbons (Fsp3) is 0.458. The predicted molar refractivity (Wildman–Crippen MR) is 120 cm³/mol. The highest BCUT2D eigenvalue weighted by molar-refractivity contribution is 5.66. The molecule has 3 rings (SSSR count). The summed E-state index contributed by atoms with van der Waals surface area (Å²) in [5.41, 5.74) is 1.76. The maximum absolute atomic E-state index is 13.0. The lowest BCUT2D eigenvalue weighted by Gasteiger charge is -2.39. The van der Waals surface area contributed by atoms with Crippen LogP contribution in [0.2, 0.25) is 0 Å². The number of alkyl halides is 3. The SMILES string of the molecule is CC(Cc1ccc(C(CCC(=O)O)N=O)cc1)N1CCN(c2cccc(C(F)(F)F)c2)CC1. The van der Waals surface area contributed by atoms with Crippen molar-refractivity contribution in [3.8, 4) is 0 Å². The van der Waals surface area contributed by atoms with Crippen molar-refractivity contribution in [1.29, 1.82) is 0 Å². The summed E-state index contributed by atoms with van der Waals surface area (Å²) in [7, 11) is 0. The van der Waals surface area contributed by atoms with Crippen molar-refractivity contribution in [3.05, 3.63) is 70.1 Å². The molecule has 0 aliphatic carbocycles. The van der Waals surface area contributed by atoms with Crippen LogP contribution in [0, 0.1) is 4.91 Å². The van der Waals surface area contributed by atoms with Crippen molar-refractivity contribution in [2.75, 3.05) is 31.1 Å². The van der Waals surface area contributed by atoms with E-state index in [1.165, 1.54) is 12.1 Å². The molecule has 0 spiro atoms. The third-order valence-corrected chi connectivity index (χ3v) is 6.13. The fourth-order valence-electron chi connectivity index (χ4n) is 4.19. The standard InChI is InChI=1S/C24H28F3N3O3/c1-17(15-18-5-7-19(8-6-18)22(28-33)9-10-23(31)32)29-11-13-30(14-12-29)21-4-2-3-20(16-21)24(25,26)27/h2-8,16-17,22H,9-15H2,1H3,(H,31,32). The number of aliphatic carboxylic acids is 1. The van der Waals surface area contributed by atoms with Crippen molar-refractivity contribution in [2.45, 2.75) is 44.4 Å². The highest BCUT2D eigenvalue weighted by Gasteiger charge is 2.31. The molecule has 0 saturated carbocycles. The van der Waals surface area contributed by atoms with Crippen LogP contribution in [0.5, 0.6) is 0 Å². The van der Waals surface area contributed by atoms with Gasteiger partial charge in [0.15, 0.2) is 0 Å². The van der Waals surface area contributed by atoms with Crippen LogP contribution in [0.1, 0.15) is 42.5 Å². The van der Waals surface area contributed by atoms with Crippen LogP contribution in [-0.4, -0.2) is 48.2 Å². The van der Waals surface area contributed by atoms with Crippen LogP contribution in [0.15, 0.2) is 53.7 Å². The maximum atomic E-state index is 13.0. The van der Waals surface area contributed by atoms with Crippen molar-refractivity contribution in [3.63, 3.8) is 0 Å². The predicted octanol–water partition coefficient (Wildman–Crippen LogP) is 5.13. The minimum atomic E-state index is -4.35. The molecule has 6 nitrogen and oxygen atoms in total. The van der Waals surface area contributed by atoms with E-state index in [0.717, 1.165) is 31.1 Å². The summed E-state index contributed by atoms with van der Waals surface area (Å²) in [6.07, 6.45) is -3.50. The molecule has 33 heavy (non-hydrogen) atoms. The molecule has 1 fully saturated rings. The van der Waals surface area contributed by atoms with Crippen molar-refractivity contribution in [2.24, 2.45) is 5.18 Å². The van der Waals surface area contributed by atoms with Gasteiger partial charge < -0.3 is 10.0 Å². The highest BCUT2D eigenvalue weighted by Crippen LogP contribution is 2.32. The lowest BCUT2D eigenvalue weighted by atomic mass is 9.98. The minimum Gasteiger partial charge on any atom is -0.481 e. The average Bonchev–Trinajstić information content (AvgIpc) is 2.80. The number of hydrogen-bond donors (Lipinski definition) is 1. The summed E-state index contributed by atoms with van der Waals surface area (Å²) in [5.74, 6) is -0.956. The number of benzene rings is 2. The van der Waals surface area contributed by atoms with Gasteiger partial charge in [-0.15, -0.1) is 0 Å². The van der Waals surface area contributed by atoms with Gasteiger partial charge in [-0.2, -0.15) is 18.1 Å². The lowest BCUT2D eigenvalue weighted by molar-refractivity contribution is -0.138. The molecule has 9 heteroatoms. The first kappa shape index (κ1) is 24.7. The van der Waals surface area contributed by atoms with Crippen molar-refractivity contribution < 1.29 is 23.1 Å². The van der Waals surface area contributed by atoms with E-state index >= 15 is 0 Å². The topological polar surface area (TPSA) is 73.2 Å². The largest absolute Gasteiger partial charge is 0.481 e. The molecule has 2 unspecified atom stereocenters. The van der Waals surface area contributed by atoms with Gasteiger partial charge in [0.1, 0.15) is 6.04 Å². The van der Waals surface area contributed by atoms with Gasteiger partial charge >= 0.3 is 12.1 Å². The molecule has 2 atom stereocenters. The molecule has 1 heterocycles. The second-order valence-corrected chi connectivity index (χ2v) is 8.42. The zero-order valence-corrected chi connectivity index (χ0v) is 18.5. The summed E-state index contributed by atoms with van der Waals surface area (Å²) in [6, 6.07) is 12.5. The minimum absolute atomic E-state index is 0.109. The molecule has 0 bridgehead atoms. The van der Waals surface area contributed by atoms with Gasteiger partial charge in [-0.05, 0) is 49.1 Å². The van der Waals surface area contributed by atoms with Gasteiger partial charge in [-0.25, -0.2) is 0 Å². The summed E-state index contributed by atoms with van der Waals surface area (Å²) in [6.45, 7) is 4.93. The Balaban J connectivity index is 1.53. The number of anilines is 1. The quantitative estimate of drug-likeness (QED) is 0.522. The van der Waals surface area contributed by atoms with Crippen LogP contribution in [-0.2, 0) is 17.4 Å². The third-order valence-electron chi connectivity index (χ3n) is 6.13. The van der Waals surface area contributed by atoms with Crippen molar-refractivity contribution in [1.82, 2.24) is 4.90 Å². The maximum Gasteiger partial charge on any atom is 0.416 e. The van der Waals surface area contributed by atoms with E-state index in [4.69, 9.17) is 5.11 Å². The molecule has 1 N–H and O–H groups in total. The summed E-state index contributed by atoms with van der Waals surface area (Å²) < 4.78 is 39.0. The normalized spacial score (nSPS) is 16.9. The molecule has 1 aliphatic rings. The molecule has 2 aromatic carbocycles. The number of rotatable bonds is 9. The Morgan fingerprint density at radius 1 is 1.09 bits per heavy atom. The number of piperazine rings is 1. The van der Waals surface area contributed by atoms with Crippen LogP contribution >= 0.6 is 0 Å². The highest BCUT2D eigenvalue weighted by atomic mass is 19.4. The van der Waals surface area contributed by atoms with E-state index in [1.807, 2.05) is 29.2 Å². The number of nitroso groups, excluding NO2 is 1. The monoisotopic (exact) mass is 463 g/mol. The van der Waals surface area contributed by atoms with E-state index < -0.39 is 23.8 Å². The molecule has 0 radical (unpaired) electrons. The van der Waals surface area contributed by atoms with Crippen LogP contribution < -0.4 is 4.90 Å². The Morgan fingerprint density at radius 2 is 1.76 bits per heavy atom. The molecule has 1 aliphatic heterocycles. The average molecular weight is 464 g/mol. The first-order chi connectivity index (χ1) is 15.7. The Morgan fingerprint density at radius 3 is 2.33 bits per heavy atom. The Hall–Kier alpha value is -2.94. The van der Waals surface area contributed by atoms with Gasteiger partial charge in [0.25, 0.3) is 0 Å². The molecular weight excluding hydrogens is 435 g/mol. The van der Waals surface area contributed by atoms with Crippen molar-refractivity contribution >= 4 is 11.7 Å². The first-order valence-electron chi connectivity index (χ1n) is 11.0. The summed E-state index contributed by atoms with van der Waals surface area (Å²) >= 11 is 0. The number of nitrogens with zero attached hydrogens (tertiary/aromatic N) is 3. The molecule has 0 aromatic heterocycles. The lowest BCUT2D eigenvalue weighted by Crippen LogP contribution is -2.50. The zero-order valence-electron chi connectivity index (χ0n) is 18.5. The van der Waals surface area contributed by atoms with Gasteiger partial charge in [-0.3, -0.25) is 9.69 Å². The number of hydrogen-bond acceptors (Lipinski definition) is 5. The van der Waals surface area contributed by atoms with Gasteiger partial charge in [0, 0.05) is 44.3 Å². The van der Waals surface area contributed by atoms with Crippen LogP contribution in [0.3, 0.4) is 0 Å². The molecule has 178 valence electrons. The summed E-state index contributed by atoms with van der Waals surface area (Å²) in [5, 5.41) is 11.9. The van der Waals surface area contributed by atoms with Gasteiger partial charge in [0.05, 0.1) is 5.56 Å². The number of carbonyl (C=O) groups is 1. The zero-order chi connectivity index (χ0) is 24.0. The van der Waals surface area contributed by atoms with E-state index in [2.05, 4.69) is 17.0 Å². The van der Waals surface area contributed by atoms with Crippen LogP contribution in [0.25, 0.3) is 0 Å². The van der Waals surface area contributed by atoms with E-state index in [0.29, 0.717) is 24.3 Å². The first-order valence-corrected chi connectivity index (χ1v) is 11.0. The molecular formula is C24H28F3N3O3. The Labute approximate surface area is 191 Å². The van der Waals surface area contributed by atoms with E-state index in [-0.39, 0.29) is 18.9 Å². The van der Waals surface area contributed by atoms with Gasteiger partial charge in [-0.1, -0.05) is 35.5 Å². The molecule has 2 aromatic rings. The third kappa shape index (κ3) is 6.77. The second-order valence-electron chi connectivity index (χ2n) is 8.42. The van der Waals surface area contributed by atoms with Gasteiger partial charge in [0.2, 0.25) is 0 Å². The smallest absolute Gasteiger partial charge is 0.416 e. The second kappa shape index (κ2) is 10.8. The summed E-state index contributed by atoms with van der Waals surface area (Å²) in [4.78, 5) is 26.1. The number of halogens is 3. The Kier molecular flexibility index (Phi) is 8.07. The Bertz CT molecular complexity index is 942. The molecule has 1 saturated heterocycles. The van der Waals surface area contributed by atoms with Crippen LogP contribution in [0.4, 0.5) is 18.9 Å². The van der Waals surface area contributed by atoms with E-state index in [1.54, 1.807) is 6.07 Å². The fourth-order valence-corrected chi connectivity index (χ4v) is 4.19. The van der Waals surface area contributed by atoms with E-state index in [9.17, 15) is 22.9 Å². The number of carboxylic acid groups (broad SMARTS) is 1.